The Kier molecular flexibility index (Phi) is 16.4. The number of likely N-dealkylation sites (tertiary alicyclic amines) is 1. The normalized spacial score (nSPS) is 14.1. The number of nitrogens with zero attached hydrogens (tertiary/aromatic N) is 1. The number of ether oxygens (including phenoxy) is 1. The van der Waals surface area contributed by atoms with Crippen molar-refractivity contribution in [3.8, 4) is 5.75 Å². The molecular weight excluding hydrogens is 494 g/mol. The van der Waals surface area contributed by atoms with Gasteiger partial charge in [-0.15, -0.1) is 11.8 Å². The lowest BCUT2D eigenvalue weighted by atomic mass is 9.95. The number of rotatable bonds is 8. The zero-order chi connectivity index (χ0) is 29.5. The van der Waals surface area contributed by atoms with Crippen LogP contribution in [0.25, 0.3) is 0 Å². The lowest BCUT2D eigenvalue weighted by molar-refractivity contribution is -0.152. The fourth-order valence-corrected chi connectivity index (χ4v) is 4.39. The number of carboxylic acids is 1. The monoisotopic (exact) mass is 543 g/mol. The van der Waals surface area contributed by atoms with Crippen LogP contribution in [0.3, 0.4) is 0 Å². The van der Waals surface area contributed by atoms with Crippen molar-refractivity contribution in [1.82, 2.24) is 4.90 Å². The number of carbonyl (C=O) groups is 2. The van der Waals surface area contributed by atoms with Gasteiger partial charge in [-0.2, -0.15) is 0 Å². The largest absolute Gasteiger partial charge is 0.478 e. The lowest BCUT2D eigenvalue weighted by Crippen LogP contribution is -2.38. The number of aldehydes is 1. The van der Waals surface area contributed by atoms with Crippen LogP contribution in [0, 0.1) is 19.8 Å². The second-order valence-corrected chi connectivity index (χ2v) is 10.3. The Morgan fingerprint density at radius 2 is 1.66 bits per heavy atom. The van der Waals surface area contributed by atoms with Gasteiger partial charge in [0, 0.05) is 29.2 Å². The quantitative estimate of drug-likeness (QED) is 0.267. The summed E-state index contributed by atoms with van der Waals surface area (Å²) in [6.07, 6.45) is 5.09. The zero-order valence-corrected chi connectivity index (χ0v) is 26.0. The first-order valence-electron chi connectivity index (χ1n) is 13.5. The molecule has 0 radical (unpaired) electrons. The highest BCUT2D eigenvalue weighted by molar-refractivity contribution is 7.98. The molecule has 0 saturated carbocycles. The second-order valence-electron chi connectivity index (χ2n) is 9.41. The van der Waals surface area contributed by atoms with E-state index in [0.29, 0.717) is 11.7 Å². The van der Waals surface area contributed by atoms with Crippen molar-refractivity contribution in [2.24, 2.45) is 5.92 Å². The molecule has 1 fully saturated rings. The average molecular weight is 544 g/mol. The predicted octanol–water partition coefficient (Wildman–Crippen LogP) is 8.22. The van der Waals surface area contributed by atoms with Crippen LogP contribution in [-0.4, -0.2) is 47.2 Å². The smallest absolute Gasteiger partial charge is 0.347 e. The van der Waals surface area contributed by atoms with E-state index in [0.717, 1.165) is 48.2 Å². The van der Waals surface area contributed by atoms with Gasteiger partial charge in [0.25, 0.3) is 0 Å². The van der Waals surface area contributed by atoms with Gasteiger partial charge in [0.1, 0.15) is 12.0 Å². The molecule has 1 saturated heterocycles. The fraction of sp³-hybridized carbons (Fsp3) is 0.500. The van der Waals surface area contributed by atoms with Crippen molar-refractivity contribution in [3.63, 3.8) is 0 Å². The highest BCUT2D eigenvalue weighted by Crippen LogP contribution is 2.31. The summed E-state index contributed by atoms with van der Waals surface area (Å²) in [5.74, 6) is 0.361. The molecule has 1 aliphatic heterocycles. The van der Waals surface area contributed by atoms with Crippen LogP contribution >= 0.6 is 11.8 Å². The number of benzene rings is 2. The van der Waals surface area contributed by atoms with Crippen molar-refractivity contribution in [3.05, 3.63) is 70.9 Å². The summed E-state index contributed by atoms with van der Waals surface area (Å²) in [4.78, 5) is 25.0. The van der Waals surface area contributed by atoms with Crippen LogP contribution in [0.15, 0.2) is 53.6 Å². The maximum absolute atomic E-state index is 11.3. The molecule has 6 heteroatoms. The molecule has 0 amide bonds. The number of carboxylic acid groups (broad SMARTS) is 1. The number of hydrogen-bond donors (Lipinski definition) is 1. The molecule has 0 aliphatic carbocycles. The van der Waals surface area contributed by atoms with Gasteiger partial charge in [-0.05, 0) is 88.5 Å². The first-order chi connectivity index (χ1) is 18.0. The number of aryl methyl sites for hydroxylation is 2. The summed E-state index contributed by atoms with van der Waals surface area (Å²) in [7, 11) is 0. The summed E-state index contributed by atoms with van der Waals surface area (Å²) in [5, 5.41) is 9.26. The molecule has 1 aliphatic rings. The maximum Gasteiger partial charge on any atom is 0.347 e. The van der Waals surface area contributed by atoms with Crippen molar-refractivity contribution >= 4 is 24.0 Å². The van der Waals surface area contributed by atoms with Crippen LogP contribution in [0.2, 0.25) is 0 Å². The Hall–Kier alpha value is -2.73. The van der Waals surface area contributed by atoms with Gasteiger partial charge in [0.15, 0.2) is 5.60 Å². The van der Waals surface area contributed by atoms with Crippen molar-refractivity contribution < 1.29 is 19.4 Å². The van der Waals surface area contributed by atoms with E-state index in [9.17, 15) is 14.7 Å². The molecule has 212 valence electrons. The third-order valence-electron chi connectivity index (χ3n) is 5.99. The Balaban J connectivity index is 0.000000813. The van der Waals surface area contributed by atoms with E-state index in [-0.39, 0.29) is 0 Å². The lowest BCUT2D eigenvalue weighted by Gasteiger charge is -2.25. The topological polar surface area (TPSA) is 66.8 Å². The molecule has 1 unspecified atom stereocenters. The summed E-state index contributed by atoms with van der Waals surface area (Å²) in [6.45, 7) is 23.4. The van der Waals surface area contributed by atoms with E-state index in [1.54, 1.807) is 25.6 Å². The van der Waals surface area contributed by atoms with Gasteiger partial charge in [-0.1, -0.05) is 58.5 Å². The summed E-state index contributed by atoms with van der Waals surface area (Å²) >= 11 is 1.67. The minimum atomic E-state index is -1.23. The fourth-order valence-electron chi connectivity index (χ4n) is 3.98. The zero-order valence-electron chi connectivity index (χ0n) is 25.2. The number of thioether (sulfide) groups is 1. The number of carbonyl (C=O) groups excluding carboxylic acids is 1. The Morgan fingerprint density at radius 1 is 1.13 bits per heavy atom. The Morgan fingerprint density at radius 3 is 2.05 bits per heavy atom. The molecule has 5 nitrogen and oxygen atoms in total. The van der Waals surface area contributed by atoms with Crippen molar-refractivity contribution in [1.29, 1.82) is 0 Å². The highest BCUT2D eigenvalue weighted by Gasteiger charge is 2.31. The minimum Gasteiger partial charge on any atom is -0.478 e. The third-order valence-corrected chi connectivity index (χ3v) is 6.74. The molecule has 3 rings (SSSR count). The predicted molar refractivity (Wildman–Crippen MR) is 163 cm³/mol. The average Bonchev–Trinajstić information content (AvgIpc) is 3.38. The third kappa shape index (κ3) is 11.3. The van der Waals surface area contributed by atoms with E-state index in [1.807, 2.05) is 72.1 Å². The van der Waals surface area contributed by atoms with E-state index >= 15 is 0 Å². The van der Waals surface area contributed by atoms with Gasteiger partial charge in [0.05, 0.1) is 0 Å². The summed E-state index contributed by atoms with van der Waals surface area (Å²) in [6, 6.07) is 11.8. The van der Waals surface area contributed by atoms with E-state index < -0.39 is 11.6 Å². The number of hydrogen-bond acceptors (Lipinski definition) is 5. The van der Waals surface area contributed by atoms with Crippen LogP contribution in [0.5, 0.6) is 5.75 Å². The molecule has 0 bridgehead atoms. The molecule has 38 heavy (non-hydrogen) atoms. The van der Waals surface area contributed by atoms with E-state index in [1.165, 1.54) is 16.9 Å². The first-order valence-corrected chi connectivity index (χ1v) is 14.7. The van der Waals surface area contributed by atoms with Crippen LogP contribution < -0.4 is 4.74 Å². The highest BCUT2D eigenvalue weighted by atomic mass is 32.2. The van der Waals surface area contributed by atoms with Crippen molar-refractivity contribution in [2.45, 2.75) is 85.7 Å². The molecule has 2 aromatic carbocycles. The van der Waals surface area contributed by atoms with E-state index in [2.05, 4.69) is 30.5 Å². The molecule has 2 aromatic rings. The van der Waals surface area contributed by atoms with Crippen molar-refractivity contribution in [2.75, 3.05) is 19.3 Å². The van der Waals surface area contributed by atoms with Gasteiger partial charge in [-0.25, -0.2) is 4.79 Å². The minimum absolute atomic E-state index is 0.641. The van der Waals surface area contributed by atoms with Gasteiger partial charge in [0.2, 0.25) is 0 Å². The second kappa shape index (κ2) is 17.7. The number of aliphatic carboxylic acids is 1. The summed E-state index contributed by atoms with van der Waals surface area (Å²) < 4.78 is 5.78. The maximum atomic E-state index is 11.3. The van der Waals surface area contributed by atoms with Gasteiger partial charge < -0.3 is 14.7 Å². The molecule has 1 heterocycles. The summed E-state index contributed by atoms with van der Waals surface area (Å²) in [5.41, 5.74) is 3.93. The van der Waals surface area contributed by atoms with Crippen LogP contribution in [0.4, 0.5) is 0 Å². The molecular formula is C32H49NO4S. The standard InChI is InChI=1S/C20H29NO3.C8H8OS.2C2H6/c1-13(2)21-8-7-16(12-21)11-17-9-14(3)18(15(4)10-17)24-20(5,6)19(22)23;1-10-8-4-2-7(6-9)3-5-8;2*1-2/h9-10,16H,1,7-8,11-12H2,2-6H3,(H,22,23);2-6H,1H3;2*1-2H3. The SMILES string of the molecule is C=C(C)N1CCC(Cc2cc(C)c(OC(C)(C)C(=O)O)c(C)c2)C1.CC.CC.CSc1ccc(C=O)cc1. The molecule has 0 spiro atoms. The van der Waals surface area contributed by atoms with Crippen LogP contribution in [-0.2, 0) is 11.2 Å². The van der Waals surface area contributed by atoms with E-state index in [4.69, 9.17) is 4.74 Å². The molecule has 0 aromatic heterocycles. The molecule has 1 atom stereocenters. The Labute approximate surface area is 235 Å². The van der Waals surface area contributed by atoms with Crippen LogP contribution in [0.1, 0.15) is 81.9 Å². The first kappa shape index (κ1) is 35.3. The number of allylic oxidation sites excluding steroid dienone is 1. The Bertz CT molecular complexity index is 992. The van der Waals surface area contributed by atoms with Gasteiger partial charge >= 0.3 is 5.97 Å². The van der Waals surface area contributed by atoms with Gasteiger partial charge in [-0.3, -0.25) is 4.79 Å². The molecule has 1 N–H and O–H groups in total.